The van der Waals surface area contributed by atoms with Gasteiger partial charge in [0.1, 0.15) is 11.4 Å². The predicted octanol–water partition coefficient (Wildman–Crippen LogP) is 4.23. The average molecular weight is 398 g/mol. The third-order valence-electron chi connectivity index (χ3n) is 4.92. The number of thiazole rings is 1. The number of rotatable bonds is 6. The Bertz CT molecular complexity index is 968. The predicted molar refractivity (Wildman–Crippen MR) is 110 cm³/mol. The Morgan fingerprint density at radius 1 is 1.21 bits per heavy atom. The lowest BCUT2D eigenvalue weighted by Crippen LogP contribution is -2.19. The summed E-state index contributed by atoms with van der Waals surface area (Å²) in [6, 6.07) is 5.72. The van der Waals surface area contributed by atoms with Crippen molar-refractivity contribution >= 4 is 32.6 Å². The first-order chi connectivity index (χ1) is 13.7. The number of carbonyl (C=O) groups excluding carboxylic acids is 1. The maximum Gasteiger partial charge on any atom is 0.271 e. The van der Waals surface area contributed by atoms with Crippen molar-refractivity contribution in [2.45, 2.75) is 32.1 Å². The number of anilines is 1. The lowest BCUT2D eigenvalue weighted by Gasteiger charge is -2.21. The highest BCUT2D eigenvalue weighted by atomic mass is 32.1. The highest BCUT2D eigenvalue weighted by Crippen LogP contribution is 2.31. The van der Waals surface area contributed by atoms with Crippen LogP contribution in [0.1, 0.15) is 42.6 Å². The summed E-state index contributed by atoms with van der Waals surface area (Å²) in [7, 11) is 1.55. The zero-order valence-corrected chi connectivity index (χ0v) is 16.6. The van der Waals surface area contributed by atoms with E-state index in [-0.39, 0.29) is 17.5 Å². The van der Waals surface area contributed by atoms with Crippen LogP contribution in [-0.2, 0) is 0 Å². The molecule has 0 saturated heterocycles. The number of carbonyl (C=O) groups is 1. The minimum Gasteiger partial charge on any atom is -0.437 e. The number of fused-ring (bicyclic) bond motifs is 1. The van der Waals surface area contributed by atoms with Gasteiger partial charge in [-0.2, -0.15) is 0 Å². The minimum absolute atomic E-state index is 0.216. The van der Waals surface area contributed by atoms with E-state index in [0.29, 0.717) is 5.75 Å². The molecule has 0 radical (unpaired) electrons. The Kier molecular flexibility index (Phi) is 5.66. The smallest absolute Gasteiger partial charge is 0.271 e. The van der Waals surface area contributed by atoms with Gasteiger partial charge in [0, 0.05) is 19.7 Å². The quantitative estimate of drug-likeness (QED) is 0.647. The van der Waals surface area contributed by atoms with E-state index in [1.54, 1.807) is 18.4 Å². The van der Waals surface area contributed by atoms with Crippen LogP contribution in [0.4, 0.5) is 5.13 Å². The summed E-state index contributed by atoms with van der Waals surface area (Å²) in [5.74, 6) is 1.37. The Morgan fingerprint density at radius 2 is 2.07 bits per heavy atom. The van der Waals surface area contributed by atoms with Crippen LogP contribution in [0.2, 0.25) is 0 Å². The van der Waals surface area contributed by atoms with Crippen LogP contribution < -0.4 is 15.4 Å². The molecule has 2 aromatic heterocycles. The molecular weight excluding hydrogens is 374 g/mol. The van der Waals surface area contributed by atoms with Crippen LogP contribution >= 0.6 is 11.3 Å². The van der Waals surface area contributed by atoms with E-state index in [0.717, 1.165) is 27.8 Å². The standard InChI is InChI=1S/C20H23N5O2S/c1-21-19(26)16-11-22-12-18(24-16)27-14-7-8-15-17(9-14)28-20(25-15)23-10-13-5-3-2-4-6-13/h7-9,11-13H,2-6,10H2,1H3,(H,21,26)(H,23,25). The molecule has 1 aliphatic carbocycles. The molecule has 0 spiro atoms. The Morgan fingerprint density at radius 3 is 2.89 bits per heavy atom. The maximum absolute atomic E-state index is 11.7. The van der Waals surface area contributed by atoms with Crippen molar-refractivity contribution in [1.82, 2.24) is 20.3 Å². The molecule has 3 aromatic rings. The van der Waals surface area contributed by atoms with Crippen LogP contribution in [0.15, 0.2) is 30.6 Å². The lowest BCUT2D eigenvalue weighted by molar-refractivity contribution is 0.0957. The van der Waals surface area contributed by atoms with E-state index in [9.17, 15) is 4.79 Å². The summed E-state index contributed by atoms with van der Waals surface area (Å²) in [5.41, 5.74) is 1.15. The topological polar surface area (TPSA) is 89.0 Å². The molecule has 0 atom stereocenters. The van der Waals surface area contributed by atoms with Crippen molar-refractivity contribution in [3.05, 3.63) is 36.3 Å². The SMILES string of the molecule is CNC(=O)c1cncc(Oc2ccc3nc(NCC4CCCCC4)sc3c2)n1. The molecule has 0 bridgehead atoms. The second-order valence-electron chi connectivity index (χ2n) is 6.96. The third kappa shape index (κ3) is 4.39. The number of hydrogen-bond acceptors (Lipinski definition) is 7. The first kappa shape index (κ1) is 18.6. The fourth-order valence-electron chi connectivity index (χ4n) is 3.42. The summed E-state index contributed by atoms with van der Waals surface area (Å²) in [5, 5.41) is 6.97. The molecule has 8 heteroatoms. The van der Waals surface area contributed by atoms with E-state index in [2.05, 4.69) is 25.6 Å². The van der Waals surface area contributed by atoms with E-state index < -0.39 is 0 Å². The van der Waals surface area contributed by atoms with Crippen LogP contribution in [-0.4, -0.2) is 34.5 Å². The van der Waals surface area contributed by atoms with Gasteiger partial charge in [-0.05, 0) is 30.9 Å². The average Bonchev–Trinajstić information content (AvgIpc) is 3.15. The Labute approximate surface area is 167 Å². The molecule has 4 rings (SSSR count). The van der Waals surface area contributed by atoms with Gasteiger partial charge in [0.05, 0.1) is 22.6 Å². The zero-order chi connectivity index (χ0) is 19.3. The maximum atomic E-state index is 11.7. The molecule has 0 unspecified atom stereocenters. The van der Waals surface area contributed by atoms with Crippen molar-refractivity contribution in [2.24, 2.45) is 5.92 Å². The minimum atomic E-state index is -0.301. The molecule has 146 valence electrons. The second kappa shape index (κ2) is 8.52. The van der Waals surface area contributed by atoms with Gasteiger partial charge < -0.3 is 15.4 Å². The normalized spacial score (nSPS) is 14.8. The van der Waals surface area contributed by atoms with Gasteiger partial charge in [-0.25, -0.2) is 9.97 Å². The molecule has 1 aromatic carbocycles. The first-order valence-corrected chi connectivity index (χ1v) is 10.4. The van der Waals surface area contributed by atoms with Gasteiger partial charge in [-0.15, -0.1) is 0 Å². The summed E-state index contributed by atoms with van der Waals surface area (Å²) in [6.07, 6.45) is 9.57. The fourth-order valence-corrected chi connectivity index (χ4v) is 4.32. The van der Waals surface area contributed by atoms with Crippen LogP contribution in [0.3, 0.4) is 0 Å². The van der Waals surface area contributed by atoms with Gasteiger partial charge in [0.25, 0.3) is 5.91 Å². The van der Waals surface area contributed by atoms with Gasteiger partial charge in [-0.1, -0.05) is 30.6 Å². The van der Waals surface area contributed by atoms with Crippen molar-refractivity contribution in [1.29, 1.82) is 0 Å². The lowest BCUT2D eigenvalue weighted by atomic mass is 9.89. The van der Waals surface area contributed by atoms with E-state index in [1.165, 1.54) is 44.5 Å². The number of benzene rings is 1. The summed E-state index contributed by atoms with van der Waals surface area (Å²) < 4.78 is 6.83. The van der Waals surface area contributed by atoms with Gasteiger partial charge in [0.2, 0.25) is 5.88 Å². The van der Waals surface area contributed by atoms with Gasteiger partial charge in [-0.3, -0.25) is 9.78 Å². The highest BCUT2D eigenvalue weighted by Gasteiger charge is 2.14. The van der Waals surface area contributed by atoms with Crippen LogP contribution in [0.25, 0.3) is 10.2 Å². The molecule has 28 heavy (non-hydrogen) atoms. The molecule has 0 aliphatic heterocycles. The van der Waals surface area contributed by atoms with Crippen molar-refractivity contribution < 1.29 is 9.53 Å². The number of nitrogens with one attached hydrogen (secondary N) is 2. The highest BCUT2D eigenvalue weighted by molar-refractivity contribution is 7.22. The molecule has 1 saturated carbocycles. The molecular formula is C20H23N5O2S. The number of aromatic nitrogens is 3. The van der Waals surface area contributed by atoms with Crippen LogP contribution in [0, 0.1) is 5.92 Å². The number of hydrogen-bond donors (Lipinski definition) is 2. The Balaban J connectivity index is 1.45. The Hall–Kier alpha value is -2.74. The fraction of sp³-hybridized carbons (Fsp3) is 0.400. The first-order valence-electron chi connectivity index (χ1n) is 9.58. The van der Waals surface area contributed by atoms with Gasteiger partial charge >= 0.3 is 0 Å². The van der Waals surface area contributed by atoms with Gasteiger partial charge in [0.15, 0.2) is 5.13 Å². The van der Waals surface area contributed by atoms with E-state index in [4.69, 9.17) is 4.74 Å². The van der Waals surface area contributed by atoms with E-state index >= 15 is 0 Å². The monoisotopic (exact) mass is 397 g/mol. The van der Waals surface area contributed by atoms with Crippen molar-refractivity contribution in [2.75, 3.05) is 18.9 Å². The molecule has 1 amide bonds. The zero-order valence-electron chi connectivity index (χ0n) is 15.8. The summed E-state index contributed by atoms with van der Waals surface area (Å²) in [6.45, 7) is 0.991. The molecule has 1 fully saturated rings. The largest absolute Gasteiger partial charge is 0.437 e. The molecule has 7 nitrogen and oxygen atoms in total. The third-order valence-corrected chi connectivity index (χ3v) is 5.90. The van der Waals surface area contributed by atoms with Crippen molar-refractivity contribution in [3.8, 4) is 11.6 Å². The molecule has 2 heterocycles. The summed E-state index contributed by atoms with van der Waals surface area (Å²) >= 11 is 1.62. The second-order valence-corrected chi connectivity index (χ2v) is 7.99. The summed E-state index contributed by atoms with van der Waals surface area (Å²) in [4.78, 5) is 24.6. The van der Waals surface area contributed by atoms with Crippen molar-refractivity contribution in [3.63, 3.8) is 0 Å². The number of nitrogens with zero attached hydrogens (tertiary/aromatic N) is 3. The van der Waals surface area contributed by atoms with Crippen LogP contribution in [0.5, 0.6) is 11.6 Å². The van der Waals surface area contributed by atoms with E-state index in [1.807, 2.05) is 18.2 Å². The molecule has 1 aliphatic rings. The molecule has 2 N–H and O–H groups in total. The number of amides is 1. The number of ether oxygens (including phenoxy) is 1.